The summed E-state index contributed by atoms with van der Waals surface area (Å²) in [6, 6.07) is 6.42. The zero-order chi connectivity index (χ0) is 62.5. The van der Waals surface area contributed by atoms with E-state index in [0.29, 0.717) is 47.9 Å². The Labute approximate surface area is 488 Å². The normalized spacial score (nSPS) is 16.7. The van der Waals surface area contributed by atoms with Gasteiger partial charge in [0.1, 0.15) is 57.9 Å². The van der Waals surface area contributed by atoms with Crippen LogP contribution in [-0.2, 0) is 55.7 Å². The standard InChI is InChI=1S/C59H93N9O15/c1-55(2,3)79-50(74)61-29-19-23-40(64-52(76)81-57(7,8)9)35-63-46(70)41(67-53(77)82-58(10,11)12)24-16-17-28-60-47(71)43-32-36-21-18-22-37(31-36)38-26-27-45(69)39(33-38)34-44(68-54(78)83-59(13,14)15)49(73)65-42(48(72)66-43)25-20-30-62-51(75)80-56(4,5)6/h18,21-22,26-27,31,33,40-44,69H,16-17,19-20,23-25,28-30,32,34-35H2,1-15H3,(H,60,71)(H,61,74)(H,62,75)(H,63,70)(H,64,76)(H,65,73)(H,66,72)(H,67,77)(H,68,78)/t40-,41-,42-,43-,44-/m0/s1. The molecule has 0 fully saturated rings. The number of hydrogen-bond donors (Lipinski definition) is 10. The highest BCUT2D eigenvalue weighted by atomic mass is 16.6. The van der Waals surface area contributed by atoms with Gasteiger partial charge in [-0.1, -0.05) is 30.3 Å². The summed E-state index contributed by atoms with van der Waals surface area (Å²) in [4.78, 5) is 121. The van der Waals surface area contributed by atoms with Gasteiger partial charge < -0.3 is 76.6 Å². The number of amides is 9. The Bertz CT molecular complexity index is 2540. The van der Waals surface area contributed by atoms with Crippen LogP contribution in [0.1, 0.15) is 160 Å². The van der Waals surface area contributed by atoms with Crippen molar-refractivity contribution in [2.75, 3.05) is 26.2 Å². The molecule has 1 aliphatic rings. The largest absolute Gasteiger partial charge is 0.508 e. The Balaban J connectivity index is 1.88. The molecule has 83 heavy (non-hydrogen) atoms. The van der Waals surface area contributed by atoms with Crippen molar-refractivity contribution in [2.45, 2.75) is 220 Å². The van der Waals surface area contributed by atoms with Gasteiger partial charge in [-0.05, 0) is 183 Å². The Morgan fingerprint density at radius 3 is 1.67 bits per heavy atom. The lowest BCUT2D eigenvalue weighted by molar-refractivity contribution is -0.132. The van der Waals surface area contributed by atoms with Gasteiger partial charge in [-0.3, -0.25) is 19.2 Å². The highest BCUT2D eigenvalue weighted by Gasteiger charge is 2.33. The highest BCUT2D eigenvalue weighted by Crippen LogP contribution is 2.29. The van der Waals surface area contributed by atoms with Gasteiger partial charge in [0.25, 0.3) is 0 Å². The lowest BCUT2D eigenvalue weighted by Gasteiger charge is -2.27. The fourth-order valence-electron chi connectivity index (χ4n) is 8.18. The number of alkyl carbamates (subject to hydrolysis) is 5. The first-order valence-electron chi connectivity index (χ1n) is 28.3. The molecule has 0 unspecified atom stereocenters. The van der Waals surface area contributed by atoms with Gasteiger partial charge in [0.05, 0.1) is 0 Å². The van der Waals surface area contributed by atoms with E-state index in [0.717, 1.165) is 0 Å². The van der Waals surface area contributed by atoms with Crippen molar-refractivity contribution >= 4 is 54.1 Å². The molecule has 2 aromatic rings. The smallest absolute Gasteiger partial charge is 0.408 e. The molecule has 0 aliphatic carbocycles. The number of phenols is 1. The summed E-state index contributed by atoms with van der Waals surface area (Å²) in [6.45, 7) is 25.7. The zero-order valence-corrected chi connectivity index (χ0v) is 51.3. The maximum atomic E-state index is 14.5. The number of fused-ring (bicyclic) bond motifs is 5. The number of unbranched alkanes of at least 4 members (excludes halogenated alkanes) is 1. The van der Waals surface area contributed by atoms with Crippen LogP contribution in [0.4, 0.5) is 24.0 Å². The molecule has 9 amide bonds. The summed E-state index contributed by atoms with van der Waals surface area (Å²) < 4.78 is 27.1. The molecule has 1 aliphatic heterocycles. The third-order valence-corrected chi connectivity index (χ3v) is 11.7. The molecule has 24 nitrogen and oxygen atoms in total. The van der Waals surface area contributed by atoms with Crippen LogP contribution in [-0.4, -0.2) is 144 Å². The van der Waals surface area contributed by atoms with Crippen LogP contribution in [0.15, 0.2) is 42.5 Å². The molecule has 4 bridgehead atoms. The van der Waals surface area contributed by atoms with E-state index < -0.39 is 112 Å². The average molecular weight is 1170 g/mol. The molecule has 1 heterocycles. The van der Waals surface area contributed by atoms with Crippen LogP contribution in [0.5, 0.6) is 5.75 Å². The molecule has 0 aromatic heterocycles. The van der Waals surface area contributed by atoms with Crippen molar-refractivity contribution < 1.29 is 71.9 Å². The van der Waals surface area contributed by atoms with Crippen molar-refractivity contribution in [3.63, 3.8) is 0 Å². The second kappa shape index (κ2) is 31.2. The number of carbonyl (C=O) groups is 9. The van der Waals surface area contributed by atoms with E-state index in [1.54, 1.807) is 128 Å². The lowest BCUT2D eigenvalue weighted by Crippen LogP contribution is -2.57. The molecule has 0 spiro atoms. The first kappa shape index (κ1) is 69.7. The van der Waals surface area contributed by atoms with E-state index in [-0.39, 0.29) is 64.0 Å². The van der Waals surface area contributed by atoms with Crippen molar-refractivity contribution in [3.8, 4) is 16.9 Å². The number of phenolic OH excluding ortho intramolecular Hbond substituents is 1. The van der Waals surface area contributed by atoms with Gasteiger partial charge in [-0.15, -0.1) is 0 Å². The van der Waals surface area contributed by atoms with Crippen molar-refractivity contribution in [1.82, 2.24) is 47.9 Å². The predicted molar refractivity (Wildman–Crippen MR) is 311 cm³/mol. The van der Waals surface area contributed by atoms with Gasteiger partial charge in [0.2, 0.25) is 23.6 Å². The Morgan fingerprint density at radius 2 is 1.08 bits per heavy atom. The first-order chi connectivity index (χ1) is 38.3. The first-order valence-corrected chi connectivity index (χ1v) is 28.3. The molecule has 464 valence electrons. The number of benzene rings is 2. The van der Waals surface area contributed by atoms with E-state index in [1.807, 2.05) is 12.1 Å². The minimum atomic E-state index is -1.37. The summed E-state index contributed by atoms with van der Waals surface area (Å²) >= 11 is 0. The van der Waals surface area contributed by atoms with E-state index >= 15 is 0 Å². The second-order valence-electron chi connectivity index (χ2n) is 25.5. The van der Waals surface area contributed by atoms with E-state index in [9.17, 15) is 48.3 Å². The fraction of sp³-hybridized carbons (Fsp3) is 0.644. The Kier molecular flexibility index (Phi) is 26.2. The van der Waals surface area contributed by atoms with E-state index in [1.165, 1.54) is 6.07 Å². The van der Waals surface area contributed by atoms with E-state index in [4.69, 9.17) is 23.7 Å². The van der Waals surface area contributed by atoms with Gasteiger partial charge >= 0.3 is 30.5 Å². The number of aromatic hydroxyl groups is 1. The average Bonchev–Trinajstić information content (AvgIpc) is 3.69. The zero-order valence-electron chi connectivity index (χ0n) is 51.3. The SMILES string of the molecule is CC(C)(C)OC(=O)NCCC[C@@H](CNC(=O)[C@H](CCCCNC(=O)[C@@H]1Cc2cccc(c2)-c2ccc(O)c(c2)C[C@H](NC(=O)OC(C)(C)C)C(=O)N[C@@H](CCCNC(=O)OC(C)(C)C)C(=O)N1)NC(=O)OC(C)(C)C)NC(=O)OC(C)(C)C. The molecule has 3 rings (SSSR count). The third kappa shape index (κ3) is 29.3. The molecule has 0 saturated heterocycles. The van der Waals surface area contributed by atoms with Gasteiger partial charge in [0.15, 0.2) is 0 Å². The molecular formula is C59H93N9O15. The number of carbonyl (C=O) groups excluding carboxylic acids is 9. The van der Waals surface area contributed by atoms with Crippen LogP contribution in [0, 0.1) is 0 Å². The summed E-state index contributed by atoms with van der Waals surface area (Å²) in [6.07, 6.45) is -2.51. The molecule has 0 saturated carbocycles. The highest BCUT2D eigenvalue weighted by molar-refractivity contribution is 5.94. The number of ether oxygens (including phenoxy) is 5. The Hall–Kier alpha value is -7.53. The van der Waals surface area contributed by atoms with Crippen LogP contribution < -0.4 is 47.9 Å². The maximum absolute atomic E-state index is 14.5. The fourth-order valence-corrected chi connectivity index (χ4v) is 8.18. The lowest BCUT2D eigenvalue weighted by atomic mass is 9.96. The van der Waals surface area contributed by atoms with Crippen LogP contribution in [0.25, 0.3) is 11.1 Å². The number of rotatable bonds is 20. The molecule has 0 radical (unpaired) electrons. The van der Waals surface area contributed by atoms with Crippen molar-refractivity contribution in [2.24, 2.45) is 0 Å². The monoisotopic (exact) mass is 1170 g/mol. The van der Waals surface area contributed by atoms with Crippen LogP contribution >= 0.6 is 0 Å². The quantitative estimate of drug-likeness (QED) is 0.0480. The predicted octanol–water partition coefficient (Wildman–Crippen LogP) is 6.82. The maximum Gasteiger partial charge on any atom is 0.408 e. The number of hydrogen-bond acceptors (Lipinski definition) is 15. The van der Waals surface area contributed by atoms with Crippen molar-refractivity contribution in [3.05, 3.63) is 53.6 Å². The van der Waals surface area contributed by atoms with Crippen molar-refractivity contribution in [1.29, 1.82) is 0 Å². The molecule has 5 atom stereocenters. The summed E-state index contributed by atoms with van der Waals surface area (Å²) in [5.74, 6) is -2.85. The van der Waals surface area contributed by atoms with Crippen LogP contribution in [0.2, 0.25) is 0 Å². The molecule has 24 heteroatoms. The topological polar surface area (TPSA) is 328 Å². The summed E-state index contributed by atoms with van der Waals surface area (Å²) in [5, 5.41) is 35.7. The second-order valence-corrected chi connectivity index (χ2v) is 25.5. The Morgan fingerprint density at radius 1 is 0.554 bits per heavy atom. The van der Waals surface area contributed by atoms with Gasteiger partial charge in [-0.2, -0.15) is 0 Å². The molecular weight excluding hydrogens is 1070 g/mol. The minimum Gasteiger partial charge on any atom is -0.508 e. The summed E-state index contributed by atoms with van der Waals surface area (Å²) in [7, 11) is 0. The minimum absolute atomic E-state index is 0.00781. The van der Waals surface area contributed by atoms with Gasteiger partial charge in [-0.25, -0.2) is 24.0 Å². The molecule has 10 N–H and O–H groups in total. The summed E-state index contributed by atoms with van der Waals surface area (Å²) in [5.41, 5.74) is -1.81. The third-order valence-electron chi connectivity index (χ3n) is 11.7. The van der Waals surface area contributed by atoms with Crippen LogP contribution in [0.3, 0.4) is 0 Å². The van der Waals surface area contributed by atoms with E-state index in [2.05, 4.69) is 47.9 Å². The molecule has 2 aromatic carbocycles. The van der Waals surface area contributed by atoms with Gasteiger partial charge in [0, 0.05) is 45.1 Å². The number of nitrogens with one attached hydrogen (secondary N) is 9.